The fourth-order valence-corrected chi connectivity index (χ4v) is 6.52. The number of unbranched alkanes of at least 4 members (excludes halogenated alkanes) is 14. The molecule has 0 heterocycles. The predicted molar refractivity (Wildman–Crippen MR) is 209 cm³/mol. The summed E-state index contributed by atoms with van der Waals surface area (Å²) in [7, 11) is 0. The van der Waals surface area contributed by atoms with Crippen LogP contribution in [0.3, 0.4) is 0 Å². The SMILES string of the molecule is CC/C=C\CC1C(O)CCC1CC(=O)OCC(COCCCC/C=C\CCCCC)OCCCCCCCC/C=C\C/C=C\CCCCC. The Morgan fingerprint density at radius 1 is 0.653 bits per heavy atom. The van der Waals surface area contributed by atoms with Gasteiger partial charge < -0.3 is 19.3 Å². The zero-order valence-electron chi connectivity index (χ0n) is 32.3. The molecule has 0 spiro atoms. The molecule has 1 aliphatic rings. The minimum atomic E-state index is -0.324. The lowest BCUT2D eigenvalue weighted by Crippen LogP contribution is -2.29. The minimum absolute atomic E-state index is 0.140. The number of allylic oxidation sites excluding steroid dienone is 8. The molecule has 5 nitrogen and oxygen atoms in total. The molecule has 1 N–H and O–H groups in total. The second-order valence-corrected chi connectivity index (χ2v) is 14.2. The molecule has 0 aromatic heterocycles. The van der Waals surface area contributed by atoms with Gasteiger partial charge in [-0.3, -0.25) is 4.79 Å². The Hall–Kier alpha value is -1.69. The van der Waals surface area contributed by atoms with E-state index < -0.39 is 0 Å². The summed E-state index contributed by atoms with van der Waals surface area (Å²) in [4.78, 5) is 12.8. The van der Waals surface area contributed by atoms with Crippen LogP contribution in [0.25, 0.3) is 0 Å². The van der Waals surface area contributed by atoms with Gasteiger partial charge in [-0.25, -0.2) is 0 Å². The zero-order valence-corrected chi connectivity index (χ0v) is 32.3. The molecule has 5 heteroatoms. The van der Waals surface area contributed by atoms with E-state index in [9.17, 15) is 9.90 Å². The van der Waals surface area contributed by atoms with Crippen LogP contribution >= 0.6 is 0 Å². The molecule has 1 aliphatic carbocycles. The van der Waals surface area contributed by atoms with E-state index in [0.717, 1.165) is 64.2 Å². The Morgan fingerprint density at radius 3 is 1.88 bits per heavy atom. The van der Waals surface area contributed by atoms with Crippen LogP contribution in [0.1, 0.15) is 175 Å². The molecule has 1 rings (SSSR count). The van der Waals surface area contributed by atoms with Crippen molar-refractivity contribution < 1.29 is 24.1 Å². The van der Waals surface area contributed by atoms with Crippen molar-refractivity contribution in [1.29, 1.82) is 0 Å². The van der Waals surface area contributed by atoms with Gasteiger partial charge in [0.15, 0.2) is 0 Å². The monoisotopic (exact) mass is 687 g/mol. The van der Waals surface area contributed by atoms with Gasteiger partial charge in [-0.2, -0.15) is 0 Å². The first kappa shape index (κ1) is 45.3. The van der Waals surface area contributed by atoms with Gasteiger partial charge in [-0.1, -0.05) is 121 Å². The number of ether oxygens (including phenoxy) is 3. The first-order chi connectivity index (χ1) is 24.1. The van der Waals surface area contributed by atoms with Crippen LogP contribution in [0, 0.1) is 11.8 Å². The van der Waals surface area contributed by atoms with Gasteiger partial charge in [-0.15, -0.1) is 0 Å². The van der Waals surface area contributed by atoms with E-state index in [-0.39, 0.29) is 36.6 Å². The highest BCUT2D eigenvalue weighted by Gasteiger charge is 2.35. The molecule has 0 aromatic carbocycles. The van der Waals surface area contributed by atoms with Gasteiger partial charge in [0, 0.05) is 19.6 Å². The number of hydrogen-bond donors (Lipinski definition) is 1. The zero-order chi connectivity index (χ0) is 35.5. The molecule has 0 radical (unpaired) electrons. The summed E-state index contributed by atoms with van der Waals surface area (Å²) in [6.07, 6.45) is 44.4. The third-order valence-electron chi connectivity index (χ3n) is 9.66. The van der Waals surface area contributed by atoms with E-state index in [2.05, 4.69) is 69.4 Å². The summed E-state index contributed by atoms with van der Waals surface area (Å²) in [5, 5.41) is 10.5. The van der Waals surface area contributed by atoms with Gasteiger partial charge in [0.1, 0.15) is 12.7 Å². The summed E-state index contributed by atoms with van der Waals surface area (Å²) in [5.41, 5.74) is 0. The Kier molecular flexibility index (Phi) is 32.1. The molecule has 4 unspecified atom stereocenters. The Bertz CT molecular complexity index is 846. The third kappa shape index (κ3) is 27.7. The second-order valence-electron chi connectivity index (χ2n) is 14.2. The average Bonchev–Trinajstić information content (AvgIpc) is 3.44. The number of aliphatic hydroxyl groups excluding tert-OH is 1. The molecule has 0 aromatic rings. The quantitative estimate of drug-likeness (QED) is 0.0415. The van der Waals surface area contributed by atoms with E-state index >= 15 is 0 Å². The number of aliphatic hydroxyl groups is 1. The van der Waals surface area contributed by atoms with Crippen molar-refractivity contribution in [2.75, 3.05) is 26.4 Å². The molecule has 0 saturated heterocycles. The average molecular weight is 687 g/mol. The first-order valence-electron chi connectivity index (χ1n) is 20.7. The summed E-state index contributed by atoms with van der Waals surface area (Å²) in [6, 6.07) is 0. The number of hydrogen-bond acceptors (Lipinski definition) is 5. The minimum Gasteiger partial charge on any atom is -0.463 e. The van der Waals surface area contributed by atoms with Crippen molar-refractivity contribution in [3.8, 4) is 0 Å². The van der Waals surface area contributed by atoms with E-state index in [1.165, 1.54) is 83.5 Å². The molecular weight excluding hydrogens is 608 g/mol. The number of carbonyl (C=O) groups excluding carboxylic acids is 1. The molecule has 1 fully saturated rings. The third-order valence-corrected chi connectivity index (χ3v) is 9.66. The Morgan fingerprint density at radius 2 is 1.22 bits per heavy atom. The Labute approximate surface area is 303 Å². The molecule has 4 atom stereocenters. The lowest BCUT2D eigenvalue weighted by atomic mass is 9.89. The molecule has 284 valence electrons. The van der Waals surface area contributed by atoms with Crippen LogP contribution in [0.4, 0.5) is 0 Å². The topological polar surface area (TPSA) is 65.0 Å². The molecule has 0 amide bonds. The highest BCUT2D eigenvalue weighted by atomic mass is 16.6. The molecule has 1 saturated carbocycles. The van der Waals surface area contributed by atoms with Crippen molar-refractivity contribution in [2.45, 2.75) is 187 Å². The van der Waals surface area contributed by atoms with Gasteiger partial charge in [0.2, 0.25) is 0 Å². The number of carbonyl (C=O) groups is 1. The Balaban J connectivity index is 2.31. The molecule has 0 aliphatic heterocycles. The van der Waals surface area contributed by atoms with Crippen molar-refractivity contribution in [3.63, 3.8) is 0 Å². The predicted octanol–water partition coefficient (Wildman–Crippen LogP) is 12.2. The largest absolute Gasteiger partial charge is 0.463 e. The molecule has 0 bridgehead atoms. The van der Waals surface area contributed by atoms with Crippen LogP contribution in [0.5, 0.6) is 0 Å². The smallest absolute Gasteiger partial charge is 0.306 e. The molecular formula is C44H78O5. The van der Waals surface area contributed by atoms with E-state index in [1.807, 2.05) is 0 Å². The molecule has 49 heavy (non-hydrogen) atoms. The lowest BCUT2D eigenvalue weighted by Gasteiger charge is -2.21. The van der Waals surface area contributed by atoms with Crippen molar-refractivity contribution in [2.24, 2.45) is 11.8 Å². The highest BCUT2D eigenvalue weighted by molar-refractivity contribution is 5.69. The fourth-order valence-electron chi connectivity index (χ4n) is 6.52. The van der Waals surface area contributed by atoms with Crippen LogP contribution in [-0.4, -0.2) is 49.7 Å². The van der Waals surface area contributed by atoms with Crippen LogP contribution in [0.15, 0.2) is 48.6 Å². The maximum atomic E-state index is 12.8. The maximum Gasteiger partial charge on any atom is 0.306 e. The summed E-state index contributed by atoms with van der Waals surface area (Å²) in [6.45, 7) is 8.67. The van der Waals surface area contributed by atoms with E-state index in [0.29, 0.717) is 26.2 Å². The maximum absolute atomic E-state index is 12.8. The first-order valence-corrected chi connectivity index (χ1v) is 20.7. The fraction of sp³-hybridized carbons (Fsp3) is 0.795. The van der Waals surface area contributed by atoms with Crippen molar-refractivity contribution in [1.82, 2.24) is 0 Å². The van der Waals surface area contributed by atoms with Crippen LogP contribution in [0.2, 0.25) is 0 Å². The normalized spacial score (nSPS) is 19.0. The van der Waals surface area contributed by atoms with Gasteiger partial charge in [-0.05, 0) is 108 Å². The van der Waals surface area contributed by atoms with Gasteiger partial charge >= 0.3 is 5.97 Å². The van der Waals surface area contributed by atoms with Gasteiger partial charge in [0.25, 0.3) is 0 Å². The summed E-state index contributed by atoms with van der Waals surface area (Å²) in [5.74, 6) is 0.135. The summed E-state index contributed by atoms with van der Waals surface area (Å²) >= 11 is 0. The van der Waals surface area contributed by atoms with Crippen LogP contribution < -0.4 is 0 Å². The lowest BCUT2D eigenvalue weighted by molar-refractivity contribution is -0.151. The number of esters is 1. The van der Waals surface area contributed by atoms with E-state index in [1.54, 1.807) is 0 Å². The highest BCUT2D eigenvalue weighted by Crippen LogP contribution is 2.37. The van der Waals surface area contributed by atoms with Crippen molar-refractivity contribution in [3.05, 3.63) is 48.6 Å². The van der Waals surface area contributed by atoms with Crippen LogP contribution in [-0.2, 0) is 19.0 Å². The van der Waals surface area contributed by atoms with E-state index in [4.69, 9.17) is 14.2 Å². The number of rotatable bonds is 34. The van der Waals surface area contributed by atoms with Gasteiger partial charge in [0.05, 0.1) is 12.7 Å². The summed E-state index contributed by atoms with van der Waals surface area (Å²) < 4.78 is 17.9. The second kappa shape index (κ2) is 34.7. The van der Waals surface area contributed by atoms with Crippen molar-refractivity contribution >= 4 is 5.97 Å². The standard InChI is InChI=1S/C44H78O5/c1-4-7-10-12-14-16-17-18-19-20-21-22-24-26-28-31-36-48-41(38-47-35-30-27-25-23-15-13-11-8-5-2)39-49-44(46)37-40-33-34-43(45)42(40)32-29-9-6-3/h9,14-16,18-19,23,29,40-43,45H,4-8,10-13,17,20-22,24-28,30-39H2,1-3H3/b16-14-,19-18-,23-15-,29-9-.